The maximum Gasteiger partial charge on any atom is 0.168 e. The molecule has 17 heavy (non-hydrogen) atoms. The third-order valence-electron chi connectivity index (χ3n) is 3.47. The normalized spacial score (nSPS) is 13.7. The summed E-state index contributed by atoms with van der Waals surface area (Å²) in [4.78, 5) is 15.4. The van der Waals surface area contributed by atoms with Gasteiger partial charge in [-0.15, -0.1) is 0 Å². The van der Waals surface area contributed by atoms with E-state index in [0.717, 1.165) is 24.0 Å². The molecule has 1 aromatic heterocycles. The molecule has 0 fully saturated rings. The third-order valence-corrected chi connectivity index (χ3v) is 3.47. The van der Waals surface area contributed by atoms with Gasteiger partial charge in [0.2, 0.25) is 0 Å². The Bertz CT molecular complexity index is 584. The Hall–Kier alpha value is -1.90. The minimum absolute atomic E-state index is 0.642. The summed E-state index contributed by atoms with van der Waals surface area (Å²) >= 11 is 0. The Morgan fingerprint density at radius 3 is 2.94 bits per heavy atom. The summed E-state index contributed by atoms with van der Waals surface area (Å²) in [6.45, 7) is 0. The molecule has 3 nitrogen and oxygen atoms in total. The first-order valence-electron chi connectivity index (χ1n) is 5.88. The first-order chi connectivity index (χ1) is 8.29. The molecule has 1 aliphatic carbocycles. The second-order valence-corrected chi connectivity index (χ2v) is 4.54. The molecule has 0 spiro atoms. The lowest BCUT2D eigenvalue weighted by molar-refractivity contribution is 0.111. The van der Waals surface area contributed by atoms with E-state index < -0.39 is 0 Å². The second kappa shape index (κ2) is 3.84. The van der Waals surface area contributed by atoms with E-state index in [-0.39, 0.29) is 0 Å². The molecule has 0 amide bonds. The molecule has 0 N–H and O–H groups in total. The summed E-state index contributed by atoms with van der Waals surface area (Å²) in [7, 11) is 1.84. The number of carbonyl (C=O) groups is 1. The van der Waals surface area contributed by atoms with Crippen LogP contribution >= 0.6 is 0 Å². The van der Waals surface area contributed by atoms with Crippen molar-refractivity contribution in [3.05, 3.63) is 41.3 Å². The van der Waals surface area contributed by atoms with Crippen LogP contribution in [0.15, 0.2) is 24.5 Å². The second-order valence-electron chi connectivity index (χ2n) is 4.54. The quantitative estimate of drug-likeness (QED) is 0.737. The number of nitrogens with zero attached hydrogens (tertiary/aromatic N) is 2. The first kappa shape index (κ1) is 10.3. The van der Waals surface area contributed by atoms with Gasteiger partial charge in [-0.25, -0.2) is 4.98 Å². The summed E-state index contributed by atoms with van der Waals surface area (Å²) in [6, 6.07) is 6.41. The first-order valence-corrected chi connectivity index (χ1v) is 5.88. The molecule has 1 heterocycles. The maximum atomic E-state index is 11.1. The lowest BCUT2D eigenvalue weighted by Gasteiger charge is -2.03. The van der Waals surface area contributed by atoms with Gasteiger partial charge in [-0.05, 0) is 36.5 Å². The number of benzene rings is 1. The summed E-state index contributed by atoms with van der Waals surface area (Å²) < 4.78 is 1.76. The van der Waals surface area contributed by atoms with Crippen LogP contribution in [-0.4, -0.2) is 15.8 Å². The topological polar surface area (TPSA) is 34.9 Å². The van der Waals surface area contributed by atoms with Crippen molar-refractivity contribution in [2.75, 3.05) is 0 Å². The fourth-order valence-electron chi connectivity index (χ4n) is 2.52. The van der Waals surface area contributed by atoms with Gasteiger partial charge >= 0.3 is 0 Å². The summed E-state index contributed by atoms with van der Waals surface area (Å²) in [5.41, 5.74) is 5.33. The average molecular weight is 226 g/mol. The highest BCUT2D eigenvalue weighted by atomic mass is 16.1. The highest BCUT2D eigenvalue weighted by Gasteiger charge is 2.15. The van der Waals surface area contributed by atoms with Crippen LogP contribution in [0.5, 0.6) is 0 Å². The molecule has 1 aromatic carbocycles. The molecular weight excluding hydrogens is 212 g/mol. The molecule has 0 aliphatic heterocycles. The van der Waals surface area contributed by atoms with Gasteiger partial charge in [0, 0.05) is 12.6 Å². The zero-order valence-electron chi connectivity index (χ0n) is 9.81. The molecule has 0 saturated carbocycles. The minimum Gasteiger partial charge on any atom is -0.331 e. The van der Waals surface area contributed by atoms with E-state index in [2.05, 4.69) is 23.2 Å². The summed E-state index contributed by atoms with van der Waals surface area (Å²) in [5.74, 6) is 0. The van der Waals surface area contributed by atoms with Crippen molar-refractivity contribution >= 4 is 6.29 Å². The van der Waals surface area contributed by atoms with Gasteiger partial charge in [-0.2, -0.15) is 0 Å². The zero-order chi connectivity index (χ0) is 11.8. The fraction of sp³-hybridized carbons (Fsp3) is 0.286. The number of aryl methyl sites for hydroxylation is 3. The minimum atomic E-state index is 0.642. The van der Waals surface area contributed by atoms with E-state index in [1.807, 2.05) is 7.05 Å². The van der Waals surface area contributed by atoms with E-state index >= 15 is 0 Å². The lowest BCUT2D eigenvalue weighted by atomic mass is 10.0. The van der Waals surface area contributed by atoms with Crippen LogP contribution in [0.4, 0.5) is 0 Å². The Labute approximate surface area is 100 Å². The van der Waals surface area contributed by atoms with Crippen LogP contribution in [0.1, 0.15) is 28.0 Å². The molecule has 2 aromatic rings. The van der Waals surface area contributed by atoms with Crippen molar-refractivity contribution in [3.63, 3.8) is 0 Å². The number of aldehydes is 1. The van der Waals surface area contributed by atoms with E-state index in [1.165, 1.54) is 24.0 Å². The van der Waals surface area contributed by atoms with Crippen molar-refractivity contribution in [1.82, 2.24) is 9.55 Å². The molecule has 3 heteroatoms. The molecule has 0 saturated heterocycles. The largest absolute Gasteiger partial charge is 0.331 e. The summed E-state index contributed by atoms with van der Waals surface area (Å²) in [5, 5.41) is 0. The van der Waals surface area contributed by atoms with Gasteiger partial charge in [0.25, 0.3) is 0 Å². The number of imidazole rings is 1. The standard InChI is InChI=1S/C14H14N2O/c1-16-9-15-14(13(16)8-17)12-6-5-10-3-2-4-11(10)7-12/h5-9H,2-4H2,1H3. The monoisotopic (exact) mass is 226 g/mol. The van der Waals surface area contributed by atoms with Crippen molar-refractivity contribution in [2.45, 2.75) is 19.3 Å². The maximum absolute atomic E-state index is 11.1. The molecule has 0 atom stereocenters. The van der Waals surface area contributed by atoms with Gasteiger partial charge in [0.05, 0.1) is 12.0 Å². The number of hydrogen-bond donors (Lipinski definition) is 0. The van der Waals surface area contributed by atoms with Crippen molar-refractivity contribution in [2.24, 2.45) is 7.05 Å². The predicted octanol–water partition coefficient (Wildman–Crippen LogP) is 2.39. The van der Waals surface area contributed by atoms with Gasteiger partial charge in [0.15, 0.2) is 6.29 Å². The molecule has 0 bridgehead atoms. The van der Waals surface area contributed by atoms with Gasteiger partial charge in [-0.1, -0.05) is 12.1 Å². The van der Waals surface area contributed by atoms with Crippen LogP contribution in [0, 0.1) is 0 Å². The Kier molecular flexibility index (Phi) is 2.32. The molecule has 0 unspecified atom stereocenters. The van der Waals surface area contributed by atoms with Crippen LogP contribution < -0.4 is 0 Å². The van der Waals surface area contributed by atoms with Crippen LogP contribution in [0.25, 0.3) is 11.3 Å². The third kappa shape index (κ3) is 1.58. The average Bonchev–Trinajstić information content (AvgIpc) is 2.93. The molecule has 86 valence electrons. The Morgan fingerprint density at radius 2 is 2.12 bits per heavy atom. The van der Waals surface area contributed by atoms with E-state index in [0.29, 0.717) is 5.69 Å². The SMILES string of the molecule is Cn1cnc(-c2ccc3c(c2)CCC3)c1C=O. The smallest absolute Gasteiger partial charge is 0.168 e. The van der Waals surface area contributed by atoms with E-state index in [9.17, 15) is 4.79 Å². The zero-order valence-corrected chi connectivity index (χ0v) is 9.81. The van der Waals surface area contributed by atoms with Crippen molar-refractivity contribution in [1.29, 1.82) is 0 Å². The van der Waals surface area contributed by atoms with Crippen molar-refractivity contribution in [3.8, 4) is 11.3 Å². The number of fused-ring (bicyclic) bond motifs is 1. The molecule has 1 aliphatic rings. The Balaban J connectivity index is 2.12. The van der Waals surface area contributed by atoms with Gasteiger partial charge in [0.1, 0.15) is 5.69 Å². The fourth-order valence-corrected chi connectivity index (χ4v) is 2.52. The van der Waals surface area contributed by atoms with E-state index in [1.54, 1.807) is 10.9 Å². The molecule has 3 rings (SSSR count). The van der Waals surface area contributed by atoms with Gasteiger partial charge in [-0.3, -0.25) is 4.79 Å². The molecular formula is C14H14N2O. The van der Waals surface area contributed by atoms with Gasteiger partial charge < -0.3 is 4.57 Å². The van der Waals surface area contributed by atoms with Crippen molar-refractivity contribution < 1.29 is 4.79 Å². The lowest BCUT2D eigenvalue weighted by Crippen LogP contribution is -1.95. The number of carbonyl (C=O) groups excluding carboxylic acids is 1. The highest BCUT2D eigenvalue weighted by molar-refractivity contribution is 5.84. The highest BCUT2D eigenvalue weighted by Crippen LogP contribution is 2.28. The van der Waals surface area contributed by atoms with E-state index in [4.69, 9.17) is 0 Å². The number of hydrogen-bond acceptors (Lipinski definition) is 2. The predicted molar refractivity (Wildman–Crippen MR) is 66.1 cm³/mol. The number of aromatic nitrogens is 2. The van der Waals surface area contributed by atoms with Crippen LogP contribution in [0.3, 0.4) is 0 Å². The number of rotatable bonds is 2. The van der Waals surface area contributed by atoms with Crippen LogP contribution in [-0.2, 0) is 19.9 Å². The Morgan fingerprint density at radius 1 is 1.29 bits per heavy atom. The summed E-state index contributed by atoms with van der Waals surface area (Å²) in [6.07, 6.45) is 6.12. The molecule has 0 radical (unpaired) electrons. The van der Waals surface area contributed by atoms with Crippen LogP contribution in [0.2, 0.25) is 0 Å².